The van der Waals surface area contributed by atoms with Crippen LogP contribution in [0.1, 0.15) is 52.5 Å². The monoisotopic (exact) mass is 476 g/mol. The van der Waals surface area contributed by atoms with Gasteiger partial charge in [0.05, 0.1) is 38.6 Å². The molecule has 1 N–H and O–H groups in total. The van der Waals surface area contributed by atoms with Crippen LogP contribution < -0.4 is 4.74 Å². The van der Waals surface area contributed by atoms with E-state index in [0.29, 0.717) is 19.8 Å². The summed E-state index contributed by atoms with van der Waals surface area (Å²) in [4.78, 5) is 0. The normalized spacial score (nSPS) is 21.0. The second-order valence-electron chi connectivity index (χ2n) is 10.5. The maximum atomic E-state index is 10.5. The molecule has 1 fully saturated rings. The van der Waals surface area contributed by atoms with E-state index in [0.717, 1.165) is 36.1 Å². The summed E-state index contributed by atoms with van der Waals surface area (Å²) in [6.07, 6.45) is 7.83. The van der Waals surface area contributed by atoms with Gasteiger partial charge < -0.3 is 23.7 Å². The van der Waals surface area contributed by atoms with E-state index in [9.17, 15) is 5.11 Å². The molecular weight excluding hydrogens is 432 g/mol. The van der Waals surface area contributed by atoms with Gasteiger partial charge in [0.25, 0.3) is 0 Å². The zero-order chi connectivity index (χ0) is 24.5. The fourth-order valence-corrected chi connectivity index (χ4v) is 4.36. The third-order valence-corrected chi connectivity index (χ3v) is 11.2. The molecule has 0 aliphatic carbocycles. The molecule has 1 aromatic rings. The minimum atomic E-state index is -1.74. The number of aliphatic hydroxyl groups excluding tert-OH is 1. The lowest BCUT2D eigenvalue weighted by atomic mass is 10.1. The van der Waals surface area contributed by atoms with Crippen molar-refractivity contribution in [1.82, 2.24) is 0 Å². The Morgan fingerprint density at radius 3 is 2.55 bits per heavy atom. The lowest BCUT2D eigenvalue weighted by Gasteiger charge is -2.36. The first-order valence-electron chi connectivity index (χ1n) is 12.0. The van der Waals surface area contributed by atoms with Crippen LogP contribution in [0.5, 0.6) is 5.75 Å². The van der Waals surface area contributed by atoms with Gasteiger partial charge in [-0.25, -0.2) is 0 Å². The summed E-state index contributed by atoms with van der Waals surface area (Å²) in [7, 11) is -0.0812. The summed E-state index contributed by atoms with van der Waals surface area (Å²) in [5.74, 6) is 0.849. The van der Waals surface area contributed by atoms with E-state index in [4.69, 9.17) is 18.6 Å². The van der Waals surface area contributed by atoms with E-state index in [2.05, 4.69) is 40.8 Å². The van der Waals surface area contributed by atoms with Gasteiger partial charge in [0.1, 0.15) is 5.75 Å². The summed E-state index contributed by atoms with van der Waals surface area (Å²) < 4.78 is 23.3. The van der Waals surface area contributed by atoms with E-state index < -0.39 is 14.4 Å². The highest BCUT2D eigenvalue weighted by Crippen LogP contribution is 2.36. The van der Waals surface area contributed by atoms with E-state index in [1.807, 2.05) is 42.5 Å². The van der Waals surface area contributed by atoms with Crippen molar-refractivity contribution in [3.63, 3.8) is 0 Å². The van der Waals surface area contributed by atoms with Crippen molar-refractivity contribution in [2.45, 2.75) is 90.0 Å². The third-order valence-electron chi connectivity index (χ3n) is 6.69. The van der Waals surface area contributed by atoms with Crippen LogP contribution in [0, 0.1) is 0 Å². The molecule has 0 saturated carbocycles. The molecule has 5 nitrogen and oxygen atoms in total. The first kappa shape index (κ1) is 27.8. The molecule has 186 valence electrons. The Morgan fingerprint density at radius 2 is 1.91 bits per heavy atom. The highest BCUT2D eigenvalue weighted by molar-refractivity contribution is 6.74. The maximum absolute atomic E-state index is 10.5. The molecule has 0 bridgehead atoms. The van der Waals surface area contributed by atoms with Crippen LogP contribution in [-0.2, 0) is 20.5 Å². The standard InChI is InChI=1S/C27H44O5Si/c1-21(19-31-33(6,7)27(2,3)4)9-8-10-25(28)26-16-15-24(32-26)17-18-30-20-22-11-13-23(29-5)14-12-22/h8-14,24-26,28H,15-20H2,1-7H3/b10-8+,21-9+/t24-,25-,26-/m1/s1. The molecule has 1 aliphatic heterocycles. The minimum absolute atomic E-state index is 0.143. The van der Waals surface area contributed by atoms with Crippen molar-refractivity contribution in [1.29, 1.82) is 0 Å². The van der Waals surface area contributed by atoms with Crippen LogP contribution in [0.3, 0.4) is 0 Å². The van der Waals surface area contributed by atoms with Gasteiger partial charge in [0.15, 0.2) is 8.32 Å². The van der Waals surface area contributed by atoms with Crippen molar-refractivity contribution in [3.05, 3.63) is 53.6 Å². The SMILES string of the molecule is COc1ccc(COCC[C@H]2CC[C@H]([C@H](O)/C=C/C=C(\C)CO[Si](C)(C)C(C)(C)C)O2)cc1. The average molecular weight is 477 g/mol. The zero-order valence-corrected chi connectivity index (χ0v) is 22.6. The fourth-order valence-electron chi connectivity index (χ4n) is 3.34. The van der Waals surface area contributed by atoms with Gasteiger partial charge in [-0.15, -0.1) is 0 Å². The van der Waals surface area contributed by atoms with Crippen molar-refractivity contribution >= 4 is 8.32 Å². The smallest absolute Gasteiger partial charge is 0.192 e. The number of benzene rings is 1. The van der Waals surface area contributed by atoms with E-state index in [1.54, 1.807) is 7.11 Å². The Hall–Kier alpha value is -1.44. The van der Waals surface area contributed by atoms with Crippen molar-refractivity contribution in [3.8, 4) is 5.75 Å². The highest BCUT2D eigenvalue weighted by atomic mass is 28.4. The number of rotatable bonds is 12. The van der Waals surface area contributed by atoms with Gasteiger partial charge >= 0.3 is 0 Å². The molecule has 3 atom stereocenters. The van der Waals surface area contributed by atoms with Crippen LogP contribution in [-0.4, -0.2) is 52.1 Å². The Balaban J connectivity index is 1.66. The summed E-state index contributed by atoms with van der Waals surface area (Å²) >= 11 is 0. The van der Waals surface area contributed by atoms with Crippen LogP contribution in [0.25, 0.3) is 0 Å². The lowest BCUT2D eigenvalue weighted by molar-refractivity contribution is -0.0281. The molecule has 0 aromatic heterocycles. The van der Waals surface area contributed by atoms with Crippen molar-refractivity contribution in [2.75, 3.05) is 20.3 Å². The number of allylic oxidation sites excluding steroid dienone is 2. The number of ether oxygens (including phenoxy) is 3. The molecule has 1 heterocycles. The molecular formula is C27H44O5Si. The molecule has 1 saturated heterocycles. The number of aliphatic hydroxyl groups is 1. The molecule has 0 unspecified atom stereocenters. The van der Waals surface area contributed by atoms with Crippen LogP contribution in [0.2, 0.25) is 18.1 Å². The summed E-state index contributed by atoms with van der Waals surface area (Å²) in [6, 6.07) is 7.91. The second kappa shape index (κ2) is 12.9. The van der Waals surface area contributed by atoms with Crippen LogP contribution >= 0.6 is 0 Å². The summed E-state index contributed by atoms with van der Waals surface area (Å²) in [5, 5.41) is 10.7. The molecule has 6 heteroatoms. The van der Waals surface area contributed by atoms with E-state index >= 15 is 0 Å². The van der Waals surface area contributed by atoms with E-state index in [-0.39, 0.29) is 17.2 Å². The first-order valence-corrected chi connectivity index (χ1v) is 14.9. The predicted molar refractivity (Wildman–Crippen MR) is 137 cm³/mol. The Morgan fingerprint density at radius 1 is 1.21 bits per heavy atom. The van der Waals surface area contributed by atoms with Gasteiger partial charge in [-0.1, -0.05) is 51.1 Å². The summed E-state index contributed by atoms with van der Waals surface area (Å²) in [5.41, 5.74) is 2.28. The van der Waals surface area contributed by atoms with Gasteiger partial charge in [0.2, 0.25) is 0 Å². The molecule has 0 radical (unpaired) electrons. The van der Waals surface area contributed by atoms with Crippen LogP contribution in [0.15, 0.2) is 48.1 Å². The number of hydrogen-bond donors (Lipinski definition) is 1. The Bertz CT molecular complexity index is 764. The highest BCUT2D eigenvalue weighted by Gasteiger charge is 2.37. The van der Waals surface area contributed by atoms with Gasteiger partial charge in [-0.05, 0) is 67.6 Å². The third kappa shape index (κ3) is 9.37. The first-order chi connectivity index (χ1) is 15.5. The topological polar surface area (TPSA) is 57.2 Å². The van der Waals surface area contributed by atoms with Crippen molar-refractivity contribution < 1.29 is 23.7 Å². The van der Waals surface area contributed by atoms with Crippen LogP contribution in [0.4, 0.5) is 0 Å². The van der Waals surface area contributed by atoms with Gasteiger partial charge in [-0.2, -0.15) is 0 Å². The summed E-state index contributed by atoms with van der Waals surface area (Å²) in [6.45, 7) is 15.2. The molecule has 1 aliphatic rings. The number of methoxy groups -OCH3 is 1. The lowest BCUT2D eigenvalue weighted by Crippen LogP contribution is -2.41. The minimum Gasteiger partial charge on any atom is -0.497 e. The van der Waals surface area contributed by atoms with Gasteiger partial charge in [-0.3, -0.25) is 0 Å². The largest absolute Gasteiger partial charge is 0.497 e. The Kier molecular flexibility index (Phi) is 10.8. The maximum Gasteiger partial charge on any atom is 0.192 e. The molecule has 0 spiro atoms. The second-order valence-corrected chi connectivity index (χ2v) is 15.3. The predicted octanol–water partition coefficient (Wildman–Crippen LogP) is 6.03. The van der Waals surface area contributed by atoms with E-state index in [1.165, 1.54) is 0 Å². The fraction of sp³-hybridized carbons (Fsp3) is 0.630. The quantitative estimate of drug-likeness (QED) is 0.227. The van der Waals surface area contributed by atoms with Gasteiger partial charge in [0, 0.05) is 6.61 Å². The number of hydrogen-bond acceptors (Lipinski definition) is 5. The molecule has 1 aromatic carbocycles. The zero-order valence-electron chi connectivity index (χ0n) is 21.6. The molecule has 0 amide bonds. The Labute approximate surface area is 201 Å². The molecule has 2 rings (SSSR count). The van der Waals surface area contributed by atoms with Crippen molar-refractivity contribution in [2.24, 2.45) is 0 Å². The average Bonchev–Trinajstić information content (AvgIpc) is 3.24. The molecule has 33 heavy (non-hydrogen) atoms.